The van der Waals surface area contributed by atoms with Crippen LogP contribution in [-0.4, -0.2) is 46.1 Å². The minimum absolute atomic E-state index is 0.259. The van der Waals surface area contributed by atoms with Crippen molar-refractivity contribution in [2.75, 3.05) is 13.2 Å². The maximum atomic E-state index is 12.1. The number of ether oxygens (including phenoxy) is 1. The van der Waals surface area contributed by atoms with Crippen molar-refractivity contribution in [2.24, 2.45) is 5.92 Å². The lowest BCUT2D eigenvalue weighted by Gasteiger charge is -2.09. The molecule has 0 fully saturated rings. The van der Waals surface area contributed by atoms with Crippen molar-refractivity contribution in [1.29, 1.82) is 0 Å². The van der Waals surface area contributed by atoms with Crippen LogP contribution in [0.1, 0.15) is 29.8 Å². The van der Waals surface area contributed by atoms with Crippen molar-refractivity contribution in [3.05, 3.63) is 59.7 Å². The molecule has 156 valence electrons. The maximum absolute atomic E-state index is 12.1. The third kappa shape index (κ3) is 5.63. The van der Waals surface area contributed by atoms with Crippen molar-refractivity contribution < 1.29 is 19.1 Å². The molecular weight excluding hydrogens is 386 g/mol. The quantitative estimate of drug-likeness (QED) is 0.578. The Morgan fingerprint density at radius 1 is 1.07 bits per heavy atom. The van der Waals surface area contributed by atoms with Crippen LogP contribution in [0.2, 0.25) is 0 Å². The van der Waals surface area contributed by atoms with E-state index < -0.39 is 24.5 Å². The van der Waals surface area contributed by atoms with Gasteiger partial charge in [-0.05, 0) is 35.7 Å². The summed E-state index contributed by atoms with van der Waals surface area (Å²) in [5, 5.41) is 12.9. The molecule has 2 aromatic carbocycles. The molecule has 9 nitrogen and oxygen atoms in total. The number of benzene rings is 2. The number of imide groups is 1. The molecule has 2 N–H and O–H groups in total. The van der Waals surface area contributed by atoms with Gasteiger partial charge in [0.2, 0.25) is 0 Å². The largest absolute Gasteiger partial charge is 0.452 e. The summed E-state index contributed by atoms with van der Waals surface area (Å²) in [4.78, 5) is 35.4. The smallest absolute Gasteiger partial charge is 0.338 e. The Morgan fingerprint density at radius 2 is 1.80 bits per heavy atom. The molecule has 0 unspecified atom stereocenters. The fraction of sp³-hybridized carbons (Fsp3) is 0.286. The Kier molecular flexibility index (Phi) is 6.74. The number of carbonyl (C=O) groups excluding carboxylic acids is 3. The number of urea groups is 1. The monoisotopic (exact) mass is 409 g/mol. The van der Waals surface area contributed by atoms with Crippen molar-refractivity contribution in [1.82, 2.24) is 25.6 Å². The second-order valence-corrected chi connectivity index (χ2v) is 7.16. The molecule has 0 saturated carbocycles. The average Bonchev–Trinajstić information content (AvgIpc) is 3.14. The van der Waals surface area contributed by atoms with E-state index in [0.717, 1.165) is 16.6 Å². The van der Waals surface area contributed by atoms with Crippen LogP contribution in [0.25, 0.3) is 11.0 Å². The molecule has 0 aliphatic heterocycles. The van der Waals surface area contributed by atoms with Gasteiger partial charge in [-0.15, -0.1) is 5.10 Å². The van der Waals surface area contributed by atoms with E-state index >= 15 is 0 Å². The van der Waals surface area contributed by atoms with Crippen LogP contribution in [0, 0.1) is 5.92 Å². The number of esters is 1. The van der Waals surface area contributed by atoms with E-state index in [2.05, 4.69) is 20.9 Å². The highest BCUT2D eigenvalue weighted by Gasteiger charge is 2.13. The summed E-state index contributed by atoms with van der Waals surface area (Å²) >= 11 is 0. The first-order valence-corrected chi connectivity index (χ1v) is 9.54. The third-order valence-corrected chi connectivity index (χ3v) is 4.20. The first-order chi connectivity index (χ1) is 14.4. The van der Waals surface area contributed by atoms with E-state index in [1.807, 2.05) is 38.1 Å². The van der Waals surface area contributed by atoms with Crippen LogP contribution < -0.4 is 10.6 Å². The number of fused-ring (bicyclic) bond motifs is 1. The first kappa shape index (κ1) is 21.0. The zero-order chi connectivity index (χ0) is 21.5. The summed E-state index contributed by atoms with van der Waals surface area (Å²) < 4.78 is 6.74. The van der Waals surface area contributed by atoms with Crippen LogP contribution in [-0.2, 0) is 16.1 Å². The highest BCUT2D eigenvalue weighted by Crippen LogP contribution is 2.13. The van der Waals surface area contributed by atoms with Gasteiger partial charge in [0.15, 0.2) is 6.61 Å². The van der Waals surface area contributed by atoms with Crippen LogP contribution in [0.15, 0.2) is 48.5 Å². The molecule has 30 heavy (non-hydrogen) atoms. The second-order valence-electron chi connectivity index (χ2n) is 7.16. The lowest BCUT2D eigenvalue weighted by molar-refractivity contribution is -0.123. The Balaban J connectivity index is 1.50. The number of nitrogens with zero attached hydrogens (tertiary/aromatic N) is 3. The van der Waals surface area contributed by atoms with Crippen LogP contribution >= 0.6 is 0 Å². The topological polar surface area (TPSA) is 115 Å². The summed E-state index contributed by atoms with van der Waals surface area (Å²) in [6.45, 7) is 4.27. The number of hydrogen-bond acceptors (Lipinski definition) is 6. The average molecular weight is 409 g/mol. The standard InChI is InChI=1S/C21H23N5O4/c1-14(2)11-22-21(29)23-19(27)13-30-20(28)16-9-7-15(8-10-16)12-26-18-6-4-3-5-17(18)24-25-26/h3-10,14H,11-13H2,1-2H3,(H2,22,23,27,29). The summed E-state index contributed by atoms with van der Waals surface area (Å²) in [6, 6.07) is 13.8. The molecule has 0 radical (unpaired) electrons. The highest BCUT2D eigenvalue weighted by atomic mass is 16.5. The van der Waals surface area contributed by atoms with Gasteiger partial charge < -0.3 is 10.1 Å². The van der Waals surface area contributed by atoms with Gasteiger partial charge in [0.25, 0.3) is 5.91 Å². The van der Waals surface area contributed by atoms with Gasteiger partial charge in [-0.25, -0.2) is 14.3 Å². The van der Waals surface area contributed by atoms with Gasteiger partial charge in [-0.3, -0.25) is 10.1 Å². The second kappa shape index (κ2) is 9.64. The van der Waals surface area contributed by atoms with E-state index in [1.165, 1.54) is 0 Å². The Bertz CT molecular complexity index is 1040. The molecule has 3 aromatic rings. The minimum atomic E-state index is -0.695. The van der Waals surface area contributed by atoms with Crippen molar-refractivity contribution >= 4 is 28.9 Å². The normalized spacial score (nSPS) is 10.8. The number of aromatic nitrogens is 3. The molecule has 3 rings (SSSR count). The molecule has 0 spiro atoms. The predicted octanol–water partition coefficient (Wildman–Crippen LogP) is 2.12. The van der Waals surface area contributed by atoms with Gasteiger partial charge in [-0.1, -0.05) is 43.3 Å². The van der Waals surface area contributed by atoms with Gasteiger partial charge in [-0.2, -0.15) is 0 Å². The highest BCUT2D eigenvalue weighted by molar-refractivity contribution is 5.97. The van der Waals surface area contributed by atoms with Crippen LogP contribution in [0.3, 0.4) is 0 Å². The molecule has 0 aliphatic rings. The van der Waals surface area contributed by atoms with E-state index in [1.54, 1.807) is 28.9 Å². The third-order valence-electron chi connectivity index (χ3n) is 4.20. The molecule has 1 aromatic heterocycles. The minimum Gasteiger partial charge on any atom is -0.452 e. The Morgan fingerprint density at radius 3 is 2.53 bits per heavy atom. The lowest BCUT2D eigenvalue weighted by atomic mass is 10.1. The van der Waals surface area contributed by atoms with Crippen LogP contribution in [0.4, 0.5) is 4.79 Å². The molecular formula is C21H23N5O4. The van der Waals surface area contributed by atoms with Crippen molar-refractivity contribution in [3.8, 4) is 0 Å². The molecule has 0 aliphatic carbocycles. The Hall–Kier alpha value is -3.75. The van der Waals surface area contributed by atoms with E-state index in [9.17, 15) is 14.4 Å². The number of para-hydroxylation sites is 1. The molecule has 0 bridgehead atoms. The Labute approximate surface area is 173 Å². The molecule has 9 heteroatoms. The summed E-state index contributed by atoms with van der Waals surface area (Å²) in [6.07, 6.45) is 0. The van der Waals surface area contributed by atoms with E-state index in [-0.39, 0.29) is 5.92 Å². The van der Waals surface area contributed by atoms with Gasteiger partial charge in [0, 0.05) is 6.54 Å². The number of rotatable bonds is 7. The maximum Gasteiger partial charge on any atom is 0.338 e. The zero-order valence-corrected chi connectivity index (χ0v) is 16.8. The SMILES string of the molecule is CC(C)CNC(=O)NC(=O)COC(=O)c1ccc(Cn2nnc3ccccc32)cc1. The summed E-state index contributed by atoms with van der Waals surface area (Å²) in [5.41, 5.74) is 2.97. The van der Waals surface area contributed by atoms with Gasteiger partial charge >= 0.3 is 12.0 Å². The van der Waals surface area contributed by atoms with Gasteiger partial charge in [0.05, 0.1) is 17.6 Å². The fourth-order valence-electron chi connectivity index (χ4n) is 2.67. The molecule has 3 amide bonds. The number of carbonyl (C=O) groups is 3. The number of amides is 3. The summed E-state index contributed by atoms with van der Waals surface area (Å²) in [7, 11) is 0. The van der Waals surface area contributed by atoms with Crippen molar-refractivity contribution in [2.45, 2.75) is 20.4 Å². The number of hydrogen-bond donors (Lipinski definition) is 2. The lowest BCUT2D eigenvalue weighted by Crippen LogP contribution is -2.42. The predicted molar refractivity (Wildman–Crippen MR) is 110 cm³/mol. The number of nitrogens with one attached hydrogen (secondary N) is 2. The van der Waals surface area contributed by atoms with Crippen LogP contribution in [0.5, 0.6) is 0 Å². The fourth-order valence-corrected chi connectivity index (χ4v) is 2.67. The molecule has 1 heterocycles. The van der Waals surface area contributed by atoms with E-state index in [4.69, 9.17) is 4.74 Å². The molecule has 0 saturated heterocycles. The first-order valence-electron chi connectivity index (χ1n) is 9.54. The van der Waals surface area contributed by atoms with Crippen molar-refractivity contribution in [3.63, 3.8) is 0 Å². The summed E-state index contributed by atoms with van der Waals surface area (Å²) in [5.74, 6) is -1.08. The molecule has 0 atom stereocenters. The van der Waals surface area contributed by atoms with Gasteiger partial charge in [0.1, 0.15) is 5.52 Å². The zero-order valence-electron chi connectivity index (χ0n) is 16.8. The van der Waals surface area contributed by atoms with E-state index in [0.29, 0.717) is 18.7 Å².